The number of aliphatic hydroxyl groups is 1. The quantitative estimate of drug-likeness (QED) is 0.778. The molecular weight excluding hydrogens is 286 g/mol. The SMILES string of the molecule is C[C@@H](O)[C@@H](N)c1cc(C(C)(C)C)c(O)c(C(C)(C)C)c1.Cl. The fourth-order valence-corrected chi connectivity index (χ4v) is 2.27. The smallest absolute Gasteiger partial charge is 0.123 e. The second-order valence-corrected chi connectivity index (χ2v) is 7.73. The molecule has 0 bridgehead atoms. The number of phenols is 1. The van der Waals surface area contributed by atoms with Gasteiger partial charge >= 0.3 is 0 Å². The van der Waals surface area contributed by atoms with E-state index in [9.17, 15) is 10.2 Å². The standard InChI is InChI=1S/C17H29NO2.ClH/c1-10(19)14(18)11-8-12(16(2,3)4)15(20)13(9-11)17(5,6)7;/h8-10,14,19-20H,18H2,1-7H3;1H/t10-,14-;/m1./s1. The fourth-order valence-electron chi connectivity index (χ4n) is 2.27. The van der Waals surface area contributed by atoms with E-state index >= 15 is 0 Å². The third kappa shape index (κ3) is 4.60. The number of halogens is 1. The summed E-state index contributed by atoms with van der Waals surface area (Å²) in [5.74, 6) is 0.339. The molecule has 0 fully saturated rings. The summed E-state index contributed by atoms with van der Waals surface area (Å²) < 4.78 is 0. The molecule has 0 heterocycles. The average molecular weight is 316 g/mol. The molecule has 122 valence electrons. The summed E-state index contributed by atoms with van der Waals surface area (Å²) in [4.78, 5) is 0. The monoisotopic (exact) mass is 315 g/mol. The van der Waals surface area contributed by atoms with Crippen LogP contribution in [0.4, 0.5) is 0 Å². The zero-order chi connectivity index (χ0) is 15.9. The molecule has 1 aromatic rings. The van der Waals surface area contributed by atoms with Gasteiger partial charge in [0, 0.05) is 0 Å². The van der Waals surface area contributed by atoms with E-state index in [1.54, 1.807) is 6.92 Å². The van der Waals surface area contributed by atoms with Crippen LogP contribution in [0.2, 0.25) is 0 Å². The van der Waals surface area contributed by atoms with Crippen LogP contribution in [-0.2, 0) is 10.8 Å². The highest BCUT2D eigenvalue weighted by Crippen LogP contribution is 2.40. The highest BCUT2D eigenvalue weighted by atomic mass is 35.5. The molecule has 0 aromatic heterocycles. The van der Waals surface area contributed by atoms with Crippen molar-refractivity contribution >= 4 is 12.4 Å². The van der Waals surface area contributed by atoms with Crippen molar-refractivity contribution in [1.29, 1.82) is 0 Å². The zero-order valence-electron chi connectivity index (χ0n) is 14.2. The van der Waals surface area contributed by atoms with Gasteiger partial charge in [-0.3, -0.25) is 0 Å². The number of nitrogens with two attached hydrogens (primary N) is 1. The van der Waals surface area contributed by atoms with Crippen molar-refractivity contribution in [3.05, 3.63) is 28.8 Å². The van der Waals surface area contributed by atoms with E-state index in [1.165, 1.54) is 0 Å². The van der Waals surface area contributed by atoms with Crippen LogP contribution in [0.25, 0.3) is 0 Å². The molecule has 0 aliphatic heterocycles. The molecule has 4 N–H and O–H groups in total. The first-order chi connectivity index (χ1) is 8.85. The number of aliphatic hydroxyl groups excluding tert-OH is 1. The predicted octanol–water partition coefficient (Wildman–Crippen LogP) is 3.79. The van der Waals surface area contributed by atoms with Gasteiger partial charge in [0.2, 0.25) is 0 Å². The van der Waals surface area contributed by atoms with Crippen molar-refractivity contribution in [2.24, 2.45) is 5.73 Å². The highest BCUT2D eigenvalue weighted by Gasteiger charge is 2.28. The van der Waals surface area contributed by atoms with Crippen LogP contribution < -0.4 is 5.73 Å². The number of aromatic hydroxyl groups is 1. The molecule has 0 saturated carbocycles. The summed E-state index contributed by atoms with van der Waals surface area (Å²) in [5, 5.41) is 20.3. The van der Waals surface area contributed by atoms with E-state index in [2.05, 4.69) is 41.5 Å². The number of rotatable bonds is 2. The molecule has 2 atom stereocenters. The third-order valence-electron chi connectivity index (χ3n) is 3.65. The van der Waals surface area contributed by atoms with Crippen molar-refractivity contribution in [1.82, 2.24) is 0 Å². The van der Waals surface area contributed by atoms with E-state index in [0.29, 0.717) is 5.75 Å². The Morgan fingerprint density at radius 3 is 1.52 bits per heavy atom. The molecule has 0 saturated heterocycles. The van der Waals surface area contributed by atoms with Crippen molar-refractivity contribution in [2.75, 3.05) is 0 Å². The van der Waals surface area contributed by atoms with E-state index < -0.39 is 12.1 Å². The molecule has 0 aliphatic rings. The predicted molar refractivity (Wildman–Crippen MR) is 91.4 cm³/mol. The van der Waals surface area contributed by atoms with E-state index in [4.69, 9.17) is 5.73 Å². The summed E-state index contributed by atoms with van der Waals surface area (Å²) in [6, 6.07) is 3.39. The summed E-state index contributed by atoms with van der Waals surface area (Å²) in [5.41, 5.74) is 8.33. The maximum absolute atomic E-state index is 10.6. The number of hydrogen-bond acceptors (Lipinski definition) is 3. The zero-order valence-corrected chi connectivity index (χ0v) is 15.0. The minimum Gasteiger partial charge on any atom is -0.507 e. The lowest BCUT2D eigenvalue weighted by molar-refractivity contribution is 0.164. The molecule has 1 rings (SSSR count). The Balaban J connectivity index is 0.00000400. The maximum atomic E-state index is 10.6. The maximum Gasteiger partial charge on any atom is 0.123 e. The van der Waals surface area contributed by atoms with Crippen molar-refractivity contribution in [3.63, 3.8) is 0 Å². The van der Waals surface area contributed by atoms with Gasteiger partial charge < -0.3 is 15.9 Å². The molecule has 0 unspecified atom stereocenters. The van der Waals surface area contributed by atoms with Gasteiger partial charge in [-0.2, -0.15) is 0 Å². The van der Waals surface area contributed by atoms with Crippen LogP contribution in [0.15, 0.2) is 12.1 Å². The number of benzene rings is 1. The lowest BCUT2D eigenvalue weighted by Crippen LogP contribution is -2.25. The minimum absolute atomic E-state index is 0. The van der Waals surface area contributed by atoms with Crippen LogP contribution in [-0.4, -0.2) is 16.3 Å². The minimum atomic E-state index is -0.625. The highest BCUT2D eigenvalue weighted by molar-refractivity contribution is 5.85. The van der Waals surface area contributed by atoms with Crippen LogP contribution in [0, 0.1) is 0 Å². The summed E-state index contributed by atoms with van der Waals surface area (Å²) in [6.45, 7) is 14.1. The van der Waals surface area contributed by atoms with Crippen molar-refractivity contribution < 1.29 is 10.2 Å². The van der Waals surface area contributed by atoms with Gasteiger partial charge in [0.15, 0.2) is 0 Å². The molecule has 1 aromatic carbocycles. The largest absolute Gasteiger partial charge is 0.507 e. The van der Waals surface area contributed by atoms with Gasteiger partial charge in [-0.1, -0.05) is 41.5 Å². The first kappa shape index (κ1) is 20.2. The van der Waals surface area contributed by atoms with Crippen LogP contribution in [0.1, 0.15) is 71.2 Å². The summed E-state index contributed by atoms with van der Waals surface area (Å²) in [6.07, 6.45) is -0.625. The normalized spacial score (nSPS) is 15.3. The molecular formula is C17H30ClNO2. The molecule has 3 nitrogen and oxygen atoms in total. The first-order valence-electron chi connectivity index (χ1n) is 7.17. The molecule has 0 aliphatic carbocycles. The van der Waals surface area contributed by atoms with Gasteiger partial charge in [0.05, 0.1) is 12.1 Å². The Morgan fingerprint density at radius 1 is 0.952 bits per heavy atom. The van der Waals surface area contributed by atoms with Crippen LogP contribution in [0.3, 0.4) is 0 Å². The van der Waals surface area contributed by atoms with Gasteiger partial charge in [-0.15, -0.1) is 12.4 Å². The Bertz CT molecular complexity index is 450. The first-order valence-corrected chi connectivity index (χ1v) is 7.17. The van der Waals surface area contributed by atoms with E-state index in [-0.39, 0.29) is 23.2 Å². The fraction of sp³-hybridized carbons (Fsp3) is 0.647. The van der Waals surface area contributed by atoms with E-state index in [0.717, 1.165) is 16.7 Å². The van der Waals surface area contributed by atoms with Gasteiger partial charge in [0.25, 0.3) is 0 Å². The lowest BCUT2D eigenvalue weighted by atomic mass is 9.77. The van der Waals surface area contributed by atoms with Gasteiger partial charge in [-0.05, 0) is 46.6 Å². The van der Waals surface area contributed by atoms with E-state index in [1.807, 2.05) is 12.1 Å². The van der Waals surface area contributed by atoms with Gasteiger partial charge in [0.1, 0.15) is 5.75 Å². The Morgan fingerprint density at radius 2 is 1.29 bits per heavy atom. The molecule has 21 heavy (non-hydrogen) atoms. The molecule has 0 spiro atoms. The van der Waals surface area contributed by atoms with Crippen LogP contribution in [0.5, 0.6) is 5.75 Å². The third-order valence-corrected chi connectivity index (χ3v) is 3.65. The van der Waals surface area contributed by atoms with Crippen molar-refractivity contribution in [2.45, 2.75) is 71.4 Å². The Kier molecular flexibility index (Phi) is 6.31. The summed E-state index contributed by atoms with van der Waals surface area (Å²) in [7, 11) is 0. The van der Waals surface area contributed by atoms with Crippen LogP contribution >= 0.6 is 12.4 Å². The average Bonchev–Trinajstić information content (AvgIpc) is 2.24. The second kappa shape index (κ2) is 6.55. The summed E-state index contributed by atoms with van der Waals surface area (Å²) >= 11 is 0. The Labute approximate surface area is 135 Å². The topological polar surface area (TPSA) is 66.5 Å². The molecule has 0 amide bonds. The van der Waals surface area contributed by atoms with Gasteiger partial charge in [-0.25, -0.2) is 0 Å². The number of phenolic OH excluding ortho intramolecular Hbond substituents is 1. The van der Waals surface area contributed by atoms with Crippen molar-refractivity contribution in [3.8, 4) is 5.75 Å². The number of hydrogen-bond donors (Lipinski definition) is 3. The molecule has 0 radical (unpaired) electrons. The lowest BCUT2D eigenvalue weighted by Gasteiger charge is -2.29. The second-order valence-electron chi connectivity index (χ2n) is 7.73. The molecule has 4 heteroatoms. The Hall–Kier alpha value is -0.770.